The molecule has 0 aliphatic heterocycles. The molecule has 4 aliphatic carbocycles. The maximum atomic E-state index is 13.2. The van der Waals surface area contributed by atoms with Gasteiger partial charge in [-0.05, 0) is 87.5 Å². The van der Waals surface area contributed by atoms with Gasteiger partial charge in [0.25, 0.3) is 0 Å². The van der Waals surface area contributed by atoms with E-state index < -0.39 is 0 Å². The van der Waals surface area contributed by atoms with Crippen LogP contribution in [0.15, 0.2) is 42.1 Å². The smallest absolute Gasteiger partial charge is 0.233 e. The fourth-order valence-corrected chi connectivity index (χ4v) is 7.32. The van der Waals surface area contributed by atoms with Crippen LogP contribution in [0.3, 0.4) is 0 Å². The summed E-state index contributed by atoms with van der Waals surface area (Å²) in [7, 11) is 1.65. The fraction of sp³-hybridized carbons (Fsp3) is 0.560. The Labute approximate surface area is 194 Å². The van der Waals surface area contributed by atoms with Gasteiger partial charge < -0.3 is 10.1 Å². The van der Waals surface area contributed by atoms with E-state index in [9.17, 15) is 4.79 Å². The second kappa shape index (κ2) is 8.58. The van der Waals surface area contributed by atoms with Gasteiger partial charge in [0.2, 0.25) is 5.91 Å². The molecule has 2 aromatic rings. The van der Waals surface area contributed by atoms with Crippen molar-refractivity contribution in [1.29, 1.82) is 0 Å². The van der Waals surface area contributed by atoms with Crippen molar-refractivity contribution in [3.63, 3.8) is 0 Å². The summed E-state index contributed by atoms with van der Waals surface area (Å²) in [6, 6.07) is 7.77. The Balaban J connectivity index is 1.30. The maximum absolute atomic E-state index is 13.2. The number of methoxy groups -OCH3 is 1. The number of nitrogens with one attached hydrogen (secondary N) is 1. The molecule has 4 aliphatic rings. The van der Waals surface area contributed by atoms with Gasteiger partial charge in [-0.3, -0.25) is 9.36 Å². The van der Waals surface area contributed by atoms with Gasteiger partial charge >= 0.3 is 0 Å². The molecule has 0 radical (unpaired) electrons. The van der Waals surface area contributed by atoms with E-state index in [-0.39, 0.29) is 16.7 Å². The van der Waals surface area contributed by atoms with Crippen LogP contribution in [-0.2, 0) is 11.3 Å². The molecule has 1 atom stereocenters. The number of benzene rings is 1. The van der Waals surface area contributed by atoms with E-state index in [0.717, 1.165) is 59.3 Å². The minimum absolute atomic E-state index is 0.0314. The Morgan fingerprint density at radius 1 is 1.22 bits per heavy atom. The molecule has 1 N–H and O–H groups in total. The number of hydrogen-bond acceptors (Lipinski definition) is 5. The molecule has 1 unspecified atom stereocenters. The Bertz CT molecular complexity index is 965. The number of hydrogen-bond donors (Lipinski definition) is 1. The van der Waals surface area contributed by atoms with E-state index in [1.807, 2.05) is 41.8 Å². The molecule has 6 rings (SSSR count). The highest BCUT2D eigenvalue weighted by Gasteiger charge is 2.51. The molecule has 4 saturated carbocycles. The van der Waals surface area contributed by atoms with Crippen molar-refractivity contribution < 1.29 is 9.53 Å². The van der Waals surface area contributed by atoms with E-state index in [2.05, 4.69) is 22.1 Å². The van der Waals surface area contributed by atoms with Gasteiger partial charge in [-0.15, -0.1) is 16.8 Å². The van der Waals surface area contributed by atoms with E-state index in [0.29, 0.717) is 6.54 Å². The van der Waals surface area contributed by atoms with E-state index in [1.54, 1.807) is 7.11 Å². The minimum Gasteiger partial charge on any atom is -0.497 e. The van der Waals surface area contributed by atoms with Crippen LogP contribution in [0.5, 0.6) is 5.75 Å². The second-order valence-corrected chi connectivity index (χ2v) is 11.2. The zero-order valence-electron chi connectivity index (χ0n) is 18.9. The number of carbonyl (C=O) groups is 1. The minimum atomic E-state index is -0.237. The van der Waals surface area contributed by atoms with Gasteiger partial charge in [0.15, 0.2) is 11.0 Å². The van der Waals surface area contributed by atoms with Crippen molar-refractivity contribution in [2.75, 3.05) is 7.11 Å². The number of carbonyl (C=O) groups excluding carboxylic acids is 1. The molecule has 170 valence electrons. The number of allylic oxidation sites excluding steroid dienone is 1. The van der Waals surface area contributed by atoms with E-state index >= 15 is 0 Å². The summed E-state index contributed by atoms with van der Waals surface area (Å²) < 4.78 is 7.28. The molecule has 1 amide bonds. The lowest BCUT2D eigenvalue weighted by Gasteiger charge is -2.57. The van der Waals surface area contributed by atoms with Crippen molar-refractivity contribution >= 4 is 17.7 Å². The summed E-state index contributed by atoms with van der Waals surface area (Å²) in [6.45, 7) is 6.45. The Hall–Kier alpha value is -2.28. The molecule has 4 bridgehead atoms. The van der Waals surface area contributed by atoms with E-state index in [4.69, 9.17) is 4.74 Å². The number of thioether (sulfide) groups is 1. The van der Waals surface area contributed by atoms with Gasteiger partial charge in [-0.25, -0.2) is 0 Å². The highest BCUT2D eigenvalue weighted by Crippen LogP contribution is 2.55. The average molecular weight is 453 g/mol. The number of ether oxygens (including phenoxy) is 1. The number of rotatable bonds is 8. The normalized spacial score (nSPS) is 29.0. The van der Waals surface area contributed by atoms with Crippen molar-refractivity contribution in [2.24, 2.45) is 17.8 Å². The van der Waals surface area contributed by atoms with E-state index in [1.165, 1.54) is 31.0 Å². The molecular formula is C25H32N4O2S. The summed E-state index contributed by atoms with van der Waals surface area (Å²) >= 11 is 1.47. The third-order valence-corrected chi connectivity index (χ3v) is 8.54. The molecule has 1 aromatic heterocycles. The standard InChI is InChI=1S/C25H32N4O2S/c1-4-9-29-22(20-5-7-21(31-3)8-6-20)27-28-24(29)32-16(2)23(30)26-25-13-17-10-18(14-25)12-19(11-17)15-25/h4-8,16-19H,1,9-15H2,2-3H3,(H,26,30). The van der Waals surface area contributed by atoms with Gasteiger partial charge in [-0.1, -0.05) is 17.8 Å². The lowest BCUT2D eigenvalue weighted by molar-refractivity contribution is -0.126. The molecule has 4 fully saturated rings. The molecule has 1 aromatic carbocycles. The summed E-state index contributed by atoms with van der Waals surface area (Å²) in [6.07, 6.45) is 9.44. The molecule has 0 spiro atoms. The van der Waals surface area contributed by atoms with Gasteiger partial charge in [0.1, 0.15) is 5.75 Å². The predicted octanol–water partition coefficient (Wildman–Crippen LogP) is 4.71. The second-order valence-electron chi connectivity index (χ2n) is 9.88. The van der Waals surface area contributed by atoms with Crippen LogP contribution in [0.4, 0.5) is 0 Å². The van der Waals surface area contributed by atoms with Crippen molar-refractivity contribution in [3.05, 3.63) is 36.9 Å². The first-order chi connectivity index (χ1) is 15.5. The predicted molar refractivity (Wildman–Crippen MR) is 127 cm³/mol. The highest BCUT2D eigenvalue weighted by molar-refractivity contribution is 8.00. The van der Waals surface area contributed by atoms with Crippen LogP contribution in [0.2, 0.25) is 0 Å². The first kappa shape index (κ1) is 21.6. The number of nitrogens with zero attached hydrogens (tertiary/aromatic N) is 3. The monoisotopic (exact) mass is 452 g/mol. The molecule has 7 heteroatoms. The third kappa shape index (κ3) is 4.07. The largest absolute Gasteiger partial charge is 0.497 e. The van der Waals surface area contributed by atoms with Crippen LogP contribution in [-0.4, -0.2) is 38.6 Å². The summed E-state index contributed by atoms with van der Waals surface area (Å²) in [5.41, 5.74) is 0.988. The lowest BCUT2D eigenvalue weighted by Crippen LogP contribution is -2.60. The fourth-order valence-electron chi connectivity index (χ4n) is 6.46. The quantitative estimate of drug-likeness (QED) is 0.464. The number of aromatic nitrogens is 3. The van der Waals surface area contributed by atoms with Gasteiger partial charge in [0.05, 0.1) is 12.4 Å². The Kier molecular flexibility index (Phi) is 5.78. The maximum Gasteiger partial charge on any atom is 0.233 e. The Morgan fingerprint density at radius 3 is 2.41 bits per heavy atom. The molecule has 6 nitrogen and oxygen atoms in total. The molecule has 0 saturated heterocycles. The molecule has 1 heterocycles. The Morgan fingerprint density at radius 2 is 1.84 bits per heavy atom. The van der Waals surface area contributed by atoms with Crippen LogP contribution >= 0.6 is 11.8 Å². The first-order valence-corrected chi connectivity index (χ1v) is 12.5. The van der Waals surface area contributed by atoms with Crippen LogP contribution in [0.1, 0.15) is 45.4 Å². The van der Waals surface area contributed by atoms with Crippen molar-refractivity contribution in [3.8, 4) is 17.1 Å². The van der Waals surface area contributed by atoms with Gasteiger partial charge in [0, 0.05) is 17.6 Å². The SMILES string of the molecule is C=CCn1c(SC(C)C(=O)NC23CC4CC(CC(C4)C2)C3)nnc1-c1ccc(OC)cc1. The van der Waals surface area contributed by atoms with Crippen LogP contribution < -0.4 is 10.1 Å². The zero-order chi connectivity index (χ0) is 22.3. The van der Waals surface area contributed by atoms with Crippen LogP contribution in [0.25, 0.3) is 11.4 Å². The summed E-state index contributed by atoms with van der Waals surface area (Å²) in [4.78, 5) is 13.2. The summed E-state index contributed by atoms with van der Waals surface area (Å²) in [5.74, 6) is 4.12. The zero-order valence-corrected chi connectivity index (χ0v) is 19.7. The average Bonchev–Trinajstić information content (AvgIpc) is 3.15. The number of amides is 1. The van der Waals surface area contributed by atoms with Gasteiger partial charge in [-0.2, -0.15) is 0 Å². The van der Waals surface area contributed by atoms with Crippen LogP contribution in [0, 0.1) is 17.8 Å². The molecule has 32 heavy (non-hydrogen) atoms. The lowest BCUT2D eigenvalue weighted by atomic mass is 9.53. The molecular weight excluding hydrogens is 420 g/mol. The van der Waals surface area contributed by atoms with Crippen molar-refractivity contribution in [2.45, 2.75) is 67.9 Å². The van der Waals surface area contributed by atoms with Crippen molar-refractivity contribution in [1.82, 2.24) is 20.1 Å². The first-order valence-electron chi connectivity index (χ1n) is 11.7. The topological polar surface area (TPSA) is 69.0 Å². The summed E-state index contributed by atoms with van der Waals surface area (Å²) in [5, 5.41) is 12.8. The highest BCUT2D eigenvalue weighted by atomic mass is 32.2. The third-order valence-electron chi connectivity index (χ3n) is 7.45.